The highest BCUT2D eigenvalue weighted by atomic mass is 14.9. The van der Waals surface area contributed by atoms with Crippen molar-refractivity contribution in [3.63, 3.8) is 0 Å². The third-order valence-electron chi connectivity index (χ3n) is 1.75. The van der Waals surface area contributed by atoms with Gasteiger partial charge in [-0.3, -0.25) is 0 Å². The molecule has 1 rings (SSSR count). The molecule has 0 aromatic heterocycles. The van der Waals surface area contributed by atoms with Crippen LogP contribution in [0.25, 0.3) is 0 Å². The third-order valence-corrected chi connectivity index (χ3v) is 1.75. The summed E-state index contributed by atoms with van der Waals surface area (Å²) in [6, 6.07) is 2.91. The Morgan fingerprint density at radius 2 is 1.58 bits per heavy atom. The fourth-order valence-corrected chi connectivity index (χ4v) is 1.09. The summed E-state index contributed by atoms with van der Waals surface area (Å²) in [5, 5.41) is 9.69. The average molecular weight is 167 g/mol. The zero-order valence-corrected chi connectivity index (χ0v) is 7.45. The Morgan fingerprint density at radius 1 is 0.833 bits per heavy atom. The molecule has 3 nitrogen and oxygen atoms in total. The van der Waals surface area contributed by atoms with Crippen molar-refractivity contribution in [2.24, 2.45) is 0 Å². The molecule has 0 amide bonds. The Morgan fingerprint density at radius 3 is 2.50 bits per heavy atom. The minimum atomic E-state index is 0.799. The van der Waals surface area contributed by atoms with E-state index < -0.39 is 0 Å². The SMILES string of the molecule is C1#CNCCCNCCCNC1. The van der Waals surface area contributed by atoms with E-state index in [1.165, 1.54) is 6.42 Å². The summed E-state index contributed by atoms with van der Waals surface area (Å²) in [7, 11) is 0. The summed E-state index contributed by atoms with van der Waals surface area (Å²) in [5.41, 5.74) is 0. The van der Waals surface area contributed by atoms with Crippen molar-refractivity contribution in [3.8, 4) is 12.0 Å². The van der Waals surface area contributed by atoms with Crippen LogP contribution in [0, 0.1) is 12.0 Å². The molecule has 0 atom stereocenters. The van der Waals surface area contributed by atoms with Gasteiger partial charge in [-0.05, 0) is 32.5 Å². The van der Waals surface area contributed by atoms with Gasteiger partial charge in [0, 0.05) is 12.6 Å². The molecule has 1 aliphatic rings. The summed E-state index contributed by atoms with van der Waals surface area (Å²) in [6.07, 6.45) is 2.34. The molecule has 3 heteroatoms. The topological polar surface area (TPSA) is 36.1 Å². The molecule has 0 unspecified atom stereocenters. The highest BCUT2D eigenvalue weighted by Crippen LogP contribution is 1.77. The van der Waals surface area contributed by atoms with Gasteiger partial charge >= 0.3 is 0 Å². The summed E-state index contributed by atoms with van der Waals surface area (Å²) < 4.78 is 0. The molecule has 0 radical (unpaired) electrons. The maximum atomic E-state index is 3.38. The lowest BCUT2D eigenvalue weighted by Crippen LogP contribution is -2.25. The predicted molar refractivity (Wildman–Crippen MR) is 50.8 cm³/mol. The van der Waals surface area contributed by atoms with Crippen molar-refractivity contribution in [2.45, 2.75) is 12.8 Å². The van der Waals surface area contributed by atoms with Crippen LogP contribution in [0.15, 0.2) is 0 Å². The molecular weight excluding hydrogens is 150 g/mol. The highest BCUT2D eigenvalue weighted by Gasteiger charge is 1.89. The Hall–Kier alpha value is -0.720. The maximum Gasteiger partial charge on any atom is 0.0594 e. The second kappa shape index (κ2) is 6.96. The van der Waals surface area contributed by atoms with Crippen LogP contribution in [0.5, 0.6) is 0 Å². The Labute approximate surface area is 74.3 Å². The first kappa shape index (κ1) is 9.37. The molecule has 68 valence electrons. The van der Waals surface area contributed by atoms with E-state index in [1.807, 2.05) is 0 Å². The van der Waals surface area contributed by atoms with Gasteiger partial charge in [-0.2, -0.15) is 0 Å². The summed E-state index contributed by atoms with van der Waals surface area (Å²) in [6.45, 7) is 5.05. The lowest BCUT2D eigenvalue weighted by atomic mass is 10.3. The van der Waals surface area contributed by atoms with Crippen LogP contribution >= 0.6 is 0 Å². The van der Waals surface area contributed by atoms with Crippen LogP contribution in [0.2, 0.25) is 0 Å². The number of rotatable bonds is 0. The van der Waals surface area contributed by atoms with Gasteiger partial charge in [0.1, 0.15) is 0 Å². The number of hydrogen-bond donors (Lipinski definition) is 3. The van der Waals surface area contributed by atoms with Gasteiger partial charge in [0.05, 0.1) is 6.54 Å². The van der Waals surface area contributed by atoms with Crippen LogP contribution in [0.3, 0.4) is 0 Å². The van der Waals surface area contributed by atoms with Gasteiger partial charge in [0.15, 0.2) is 0 Å². The Balaban J connectivity index is 2.14. The second-order valence-corrected chi connectivity index (χ2v) is 2.86. The van der Waals surface area contributed by atoms with Gasteiger partial charge in [0.25, 0.3) is 0 Å². The van der Waals surface area contributed by atoms with Crippen molar-refractivity contribution in [1.29, 1.82) is 0 Å². The van der Waals surface area contributed by atoms with Crippen molar-refractivity contribution in [3.05, 3.63) is 0 Å². The van der Waals surface area contributed by atoms with Gasteiger partial charge in [0.2, 0.25) is 0 Å². The van der Waals surface area contributed by atoms with Crippen molar-refractivity contribution in [1.82, 2.24) is 16.0 Å². The third kappa shape index (κ3) is 5.00. The first-order valence-corrected chi connectivity index (χ1v) is 4.62. The molecule has 1 heterocycles. The first-order chi connectivity index (χ1) is 6.00. The number of nitrogens with one attached hydrogen (secondary N) is 3. The van der Waals surface area contributed by atoms with Gasteiger partial charge in [-0.1, -0.05) is 5.92 Å². The monoisotopic (exact) mass is 167 g/mol. The van der Waals surface area contributed by atoms with Gasteiger partial charge in [-0.15, -0.1) is 0 Å². The Kier molecular flexibility index (Phi) is 5.43. The van der Waals surface area contributed by atoms with E-state index in [-0.39, 0.29) is 0 Å². The predicted octanol–water partition coefficient (Wildman–Crippen LogP) is -0.490. The minimum absolute atomic E-state index is 0.799. The summed E-state index contributed by atoms with van der Waals surface area (Å²) in [4.78, 5) is 0. The van der Waals surface area contributed by atoms with E-state index in [0.717, 1.165) is 39.1 Å². The molecule has 0 saturated heterocycles. The zero-order chi connectivity index (χ0) is 8.49. The smallest absolute Gasteiger partial charge is 0.0594 e. The first-order valence-electron chi connectivity index (χ1n) is 4.62. The van der Waals surface area contributed by atoms with Crippen molar-refractivity contribution >= 4 is 0 Å². The molecule has 0 fully saturated rings. The zero-order valence-electron chi connectivity index (χ0n) is 7.45. The molecular formula is C9H17N3. The molecule has 0 aliphatic carbocycles. The van der Waals surface area contributed by atoms with E-state index in [0.29, 0.717) is 0 Å². The largest absolute Gasteiger partial charge is 0.346 e. The maximum absolute atomic E-state index is 3.38. The summed E-state index contributed by atoms with van der Waals surface area (Å²) in [5.74, 6) is 3.01. The van der Waals surface area contributed by atoms with E-state index in [2.05, 4.69) is 27.9 Å². The average Bonchev–Trinajstić information content (AvgIpc) is 2.05. The highest BCUT2D eigenvalue weighted by molar-refractivity contribution is 4.98. The van der Waals surface area contributed by atoms with E-state index >= 15 is 0 Å². The van der Waals surface area contributed by atoms with E-state index in [1.54, 1.807) is 0 Å². The standard InChI is InChI=1S/C9H17N3/c1-4-10-6-2-8-12-9-3-7-11-5-1/h10-12H,1-2,4-8H2. The molecule has 1 aliphatic heterocycles. The molecule has 3 N–H and O–H groups in total. The fourth-order valence-electron chi connectivity index (χ4n) is 1.09. The normalized spacial score (nSPS) is 20.7. The van der Waals surface area contributed by atoms with Crippen LogP contribution < -0.4 is 16.0 Å². The van der Waals surface area contributed by atoms with Gasteiger partial charge < -0.3 is 16.0 Å². The second-order valence-electron chi connectivity index (χ2n) is 2.86. The van der Waals surface area contributed by atoms with Crippen molar-refractivity contribution < 1.29 is 0 Å². The quantitative estimate of drug-likeness (QED) is 0.426. The molecule has 0 aromatic carbocycles. The minimum Gasteiger partial charge on any atom is -0.346 e. The Bertz CT molecular complexity index is 141. The number of hydrogen-bond acceptors (Lipinski definition) is 3. The van der Waals surface area contributed by atoms with Crippen LogP contribution in [-0.2, 0) is 0 Å². The van der Waals surface area contributed by atoms with E-state index in [9.17, 15) is 0 Å². The van der Waals surface area contributed by atoms with Crippen LogP contribution in [-0.4, -0.2) is 32.7 Å². The van der Waals surface area contributed by atoms with Gasteiger partial charge in [-0.25, -0.2) is 0 Å². The van der Waals surface area contributed by atoms with E-state index in [4.69, 9.17) is 0 Å². The summed E-state index contributed by atoms with van der Waals surface area (Å²) >= 11 is 0. The molecule has 0 saturated carbocycles. The molecule has 0 aromatic rings. The lowest BCUT2D eigenvalue weighted by Gasteiger charge is -2.05. The van der Waals surface area contributed by atoms with Crippen molar-refractivity contribution in [2.75, 3.05) is 32.7 Å². The lowest BCUT2D eigenvalue weighted by molar-refractivity contribution is 0.592. The van der Waals surface area contributed by atoms with Crippen LogP contribution in [0.4, 0.5) is 0 Å². The molecule has 0 bridgehead atoms. The molecule has 12 heavy (non-hydrogen) atoms. The molecule has 0 spiro atoms. The van der Waals surface area contributed by atoms with Crippen LogP contribution in [0.1, 0.15) is 12.8 Å². The fraction of sp³-hybridized carbons (Fsp3) is 0.778.